The maximum Gasteiger partial charge on any atom is 0.310 e. The Kier molecular flexibility index (Phi) is 7.09. The number of carboxylic acids is 1. The fourth-order valence-electron chi connectivity index (χ4n) is 2.12. The number of carboxylic acid groups (broad SMARTS) is 1. The molecule has 0 fully saturated rings. The fourth-order valence-corrected chi connectivity index (χ4v) is 2.12. The van der Waals surface area contributed by atoms with Crippen LogP contribution in [-0.2, 0) is 14.3 Å². The number of hydrogen-bond acceptors (Lipinski definition) is 3. The molecule has 0 aliphatic heterocycles. The van der Waals surface area contributed by atoms with Gasteiger partial charge in [0.15, 0.2) is 0 Å². The van der Waals surface area contributed by atoms with Crippen LogP contribution in [0.4, 0.5) is 0 Å². The lowest BCUT2D eigenvalue weighted by molar-refractivity contribution is -0.167. The second-order valence-corrected chi connectivity index (χ2v) is 6.50. The summed E-state index contributed by atoms with van der Waals surface area (Å²) in [4.78, 5) is 23.6. The van der Waals surface area contributed by atoms with Crippen LogP contribution in [0, 0.1) is 17.8 Å². The van der Waals surface area contributed by atoms with Crippen molar-refractivity contribution in [2.75, 3.05) is 0 Å². The number of aliphatic carboxylic acids is 1. The Morgan fingerprint density at radius 1 is 1.16 bits per heavy atom. The predicted molar refractivity (Wildman–Crippen MR) is 74.8 cm³/mol. The molecule has 0 amide bonds. The van der Waals surface area contributed by atoms with Crippen LogP contribution in [0.3, 0.4) is 0 Å². The topological polar surface area (TPSA) is 63.6 Å². The second-order valence-electron chi connectivity index (χ2n) is 6.50. The smallest absolute Gasteiger partial charge is 0.310 e. The number of carbonyl (C=O) groups is 2. The van der Waals surface area contributed by atoms with E-state index in [0.717, 1.165) is 6.42 Å². The van der Waals surface area contributed by atoms with Crippen molar-refractivity contribution in [1.82, 2.24) is 0 Å². The number of ether oxygens (including phenoxy) is 1. The fraction of sp³-hybridized carbons (Fsp3) is 0.867. The van der Waals surface area contributed by atoms with Gasteiger partial charge in [0, 0.05) is 0 Å². The van der Waals surface area contributed by atoms with E-state index in [1.54, 1.807) is 20.8 Å². The van der Waals surface area contributed by atoms with Crippen LogP contribution >= 0.6 is 0 Å². The second kappa shape index (κ2) is 7.51. The van der Waals surface area contributed by atoms with Crippen molar-refractivity contribution < 1.29 is 19.4 Å². The van der Waals surface area contributed by atoms with Gasteiger partial charge >= 0.3 is 11.9 Å². The molecular weight excluding hydrogens is 244 g/mol. The zero-order valence-corrected chi connectivity index (χ0v) is 13.0. The van der Waals surface area contributed by atoms with E-state index < -0.39 is 23.4 Å². The molecule has 0 aliphatic carbocycles. The molecule has 0 aromatic heterocycles. The number of carbonyl (C=O) groups excluding carboxylic acids is 1. The van der Waals surface area contributed by atoms with E-state index in [0.29, 0.717) is 12.8 Å². The quantitative estimate of drug-likeness (QED) is 0.720. The van der Waals surface area contributed by atoms with Crippen molar-refractivity contribution in [3.05, 3.63) is 0 Å². The summed E-state index contributed by atoms with van der Waals surface area (Å²) in [6.07, 6.45) is 1.82. The van der Waals surface area contributed by atoms with E-state index >= 15 is 0 Å². The summed E-state index contributed by atoms with van der Waals surface area (Å²) < 4.78 is 5.36. The highest BCUT2D eigenvalue weighted by Gasteiger charge is 2.36. The van der Waals surface area contributed by atoms with Crippen LogP contribution in [-0.4, -0.2) is 22.6 Å². The van der Waals surface area contributed by atoms with Crippen LogP contribution in [0.5, 0.6) is 0 Å². The Morgan fingerprint density at radius 2 is 1.68 bits per heavy atom. The molecule has 4 nitrogen and oxygen atoms in total. The van der Waals surface area contributed by atoms with Crippen LogP contribution in [0.25, 0.3) is 0 Å². The van der Waals surface area contributed by atoms with E-state index in [1.165, 1.54) is 0 Å². The maximum absolute atomic E-state index is 12.2. The molecule has 0 saturated carbocycles. The normalized spacial score (nSPS) is 15.1. The van der Waals surface area contributed by atoms with Crippen molar-refractivity contribution in [1.29, 1.82) is 0 Å². The lowest BCUT2D eigenvalue weighted by Crippen LogP contribution is -2.36. The SMILES string of the molecule is CCCC(C(=O)OC(C)(C)C)C(CC(C)C)C(=O)O. The average Bonchev–Trinajstić information content (AvgIpc) is 2.19. The first-order chi connectivity index (χ1) is 8.58. The molecule has 0 saturated heterocycles. The number of esters is 1. The van der Waals surface area contributed by atoms with Crippen LogP contribution in [0.2, 0.25) is 0 Å². The molecule has 19 heavy (non-hydrogen) atoms. The Bertz CT molecular complexity index is 302. The summed E-state index contributed by atoms with van der Waals surface area (Å²) in [6, 6.07) is 0. The van der Waals surface area contributed by atoms with Gasteiger partial charge in [-0.05, 0) is 39.5 Å². The molecule has 112 valence electrons. The van der Waals surface area contributed by atoms with Gasteiger partial charge in [0.25, 0.3) is 0 Å². The maximum atomic E-state index is 12.2. The van der Waals surface area contributed by atoms with Gasteiger partial charge in [0.2, 0.25) is 0 Å². The Balaban J connectivity index is 5.02. The third kappa shape index (κ3) is 7.19. The zero-order valence-electron chi connectivity index (χ0n) is 13.0. The number of rotatable bonds is 7. The lowest BCUT2D eigenvalue weighted by Gasteiger charge is -2.27. The molecule has 1 N–H and O–H groups in total. The molecule has 0 bridgehead atoms. The standard InChI is InChI=1S/C15H28O4/c1-7-8-11(14(18)19-15(4,5)6)12(13(16)17)9-10(2)3/h10-12H,7-9H2,1-6H3,(H,16,17). The third-order valence-electron chi connectivity index (χ3n) is 2.84. The van der Waals surface area contributed by atoms with E-state index in [1.807, 2.05) is 20.8 Å². The molecule has 0 radical (unpaired) electrons. The molecule has 0 aliphatic rings. The van der Waals surface area contributed by atoms with Gasteiger partial charge in [-0.3, -0.25) is 9.59 Å². The highest BCUT2D eigenvalue weighted by molar-refractivity contribution is 5.81. The van der Waals surface area contributed by atoms with Crippen molar-refractivity contribution in [3.8, 4) is 0 Å². The molecular formula is C15H28O4. The highest BCUT2D eigenvalue weighted by atomic mass is 16.6. The van der Waals surface area contributed by atoms with Gasteiger partial charge < -0.3 is 9.84 Å². The number of hydrogen-bond donors (Lipinski definition) is 1. The monoisotopic (exact) mass is 272 g/mol. The summed E-state index contributed by atoms with van der Waals surface area (Å²) in [5.41, 5.74) is -0.579. The van der Waals surface area contributed by atoms with Gasteiger partial charge in [0.1, 0.15) is 5.60 Å². The largest absolute Gasteiger partial charge is 0.481 e. The summed E-state index contributed by atoms with van der Waals surface area (Å²) in [5.74, 6) is -2.26. The van der Waals surface area contributed by atoms with Gasteiger partial charge in [-0.1, -0.05) is 27.2 Å². The predicted octanol–water partition coefficient (Wildman–Crippen LogP) is 3.49. The van der Waals surface area contributed by atoms with Crippen LogP contribution < -0.4 is 0 Å². The summed E-state index contributed by atoms with van der Waals surface area (Å²) in [6.45, 7) is 11.3. The molecule has 0 rings (SSSR count). The minimum absolute atomic E-state index is 0.239. The van der Waals surface area contributed by atoms with Crippen LogP contribution in [0.15, 0.2) is 0 Å². The lowest BCUT2D eigenvalue weighted by atomic mass is 9.82. The van der Waals surface area contributed by atoms with E-state index in [2.05, 4.69) is 0 Å². The van der Waals surface area contributed by atoms with E-state index in [9.17, 15) is 14.7 Å². The van der Waals surface area contributed by atoms with Gasteiger partial charge in [-0.25, -0.2) is 0 Å². The zero-order chi connectivity index (χ0) is 15.2. The Morgan fingerprint density at radius 3 is 2.00 bits per heavy atom. The van der Waals surface area contributed by atoms with Crippen molar-refractivity contribution in [2.24, 2.45) is 17.8 Å². The summed E-state index contributed by atoms with van der Waals surface area (Å²) in [5, 5.41) is 9.36. The van der Waals surface area contributed by atoms with Gasteiger partial charge in [-0.2, -0.15) is 0 Å². The minimum atomic E-state index is -0.905. The highest BCUT2D eigenvalue weighted by Crippen LogP contribution is 2.27. The molecule has 4 heteroatoms. The minimum Gasteiger partial charge on any atom is -0.481 e. The van der Waals surface area contributed by atoms with Gasteiger partial charge in [0.05, 0.1) is 11.8 Å². The molecule has 2 atom stereocenters. The molecule has 0 heterocycles. The molecule has 0 aromatic carbocycles. The van der Waals surface area contributed by atoms with Crippen LogP contribution in [0.1, 0.15) is 60.8 Å². The van der Waals surface area contributed by atoms with Crippen molar-refractivity contribution in [2.45, 2.75) is 66.4 Å². The first kappa shape index (κ1) is 17.9. The Labute approximate surface area is 116 Å². The van der Waals surface area contributed by atoms with Crippen molar-refractivity contribution >= 4 is 11.9 Å². The third-order valence-corrected chi connectivity index (χ3v) is 2.84. The van der Waals surface area contributed by atoms with Crippen molar-refractivity contribution in [3.63, 3.8) is 0 Å². The summed E-state index contributed by atoms with van der Waals surface area (Å²) in [7, 11) is 0. The van der Waals surface area contributed by atoms with E-state index in [-0.39, 0.29) is 11.9 Å². The molecule has 0 aromatic rings. The molecule has 0 spiro atoms. The van der Waals surface area contributed by atoms with Gasteiger partial charge in [-0.15, -0.1) is 0 Å². The first-order valence-electron chi connectivity index (χ1n) is 7.04. The average molecular weight is 272 g/mol. The Hall–Kier alpha value is -1.06. The molecule has 2 unspecified atom stereocenters. The van der Waals surface area contributed by atoms with E-state index in [4.69, 9.17) is 4.74 Å². The summed E-state index contributed by atoms with van der Waals surface area (Å²) >= 11 is 0. The first-order valence-corrected chi connectivity index (χ1v) is 7.04.